The Morgan fingerprint density at radius 2 is 1.52 bits per heavy atom. The zero-order valence-corrected chi connectivity index (χ0v) is 27.0. The molecule has 0 amide bonds. The number of carbonyl (C=O) groups is 1. The van der Waals surface area contributed by atoms with Gasteiger partial charge in [0.2, 0.25) is 0 Å². The Balaban J connectivity index is 0.000000172. The molecule has 3 aliphatic rings. The third kappa shape index (κ3) is 6.96. The van der Waals surface area contributed by atoms with Crippen LogP contribution in [0.5, 0.6) is 0 Å². The van der Waals surface area contributed by atoms with Crippen LogP contribution >= 0.6 is 106 Å². The molecule has 3 aliphatic carbocycles. The molecule has 2 aromatic carbocycles. The predicted molar refractivity (Wildman–Crippen MR) is 157 cm³/mol. The van der Waals surface area contributed by atoms with E-state index in [9.17, 15) is 4.79 Å². The van der Waals surface area contributed by atoms with Crippen molar-refractivity contribution < 1.29 is 9.72 Å². The van der Waals surface area contributed by atoms with Gasteiger partial charge in [-0.05, 0) is 40.0 Å². The Morgan fingerprint density at radius 1 is 0.966 bits per heavy atom. The van der Waals surface area contributed by atoms with Gasteiger partial charge in [0.25, 0.3) is 0 Å². The van der Waals surface area contributed by atoms with Gasteiger partial charge in [-0.15, -0.1) is 0 Å². The van der Waals surface area contributed by atoms with Crippen molar-refractivity contribution in [2.24, 2.45) is 5.92 Å². The minimum atomic E-state index is -1.17. The normalized spacial score (nSPS) is 21.2. The first-order chi connectivity index (χ1) is 13.8. The molecule has 29 heavy (non-hydrogen) atoms. The third-order valence-electron chi connectivity index (χ3n) is 4.98. The van der Waals surface area contributed by atoms with Crippen molar-refractivity contribution in [2.75, 3.05) is 4.93 Å². The molecular formula is C21H19Cl2I4OV. The molecule has 2 unspecified atom stereocenters. The summed E-state index contributed by atoms with van der Waals surface area (Å²) in [6.07, 6.45) is 6.30. The van der Waals surface area contributed by atoms with Gasteiger partial charge in [0.15, 0.2) is 10.1 Å². The predicted octanol–water partition coefficient (Wildman–Crippen LogP) is 8.66. The van der Waals surface area contributed by atoms with Crippen LogP contribution in [-0.2, 0) is 22.6 Å². The Labute approximate surface area is 234 Å². The standard InChI is InChI=1S/C11H8Cl2O.C9H8.CH3I.3HI.V/c12-11(13)9-7-4-2-1-3-6(7)5-8(9)10(11)14;1-2-5-9-7-3-6-8(9)4-1;1-2;;;;/h1-4,8-9H,5H2;1-6H,7H2;1H3;3*1H;/q;;;;;;+3/p-3. The summed E-state index contributed by atoms with van der Waals surface area (Å²) in [4.78, 5) is 13.3. The summed E-state index contributed by atoms with van der Waals surface area (Å²) in [7, 11) is 0. The van der Waals surface area contributed by atoms with Gasteiger partial charge in [0.1, 0.15) is 0 Å². The number of halogens is 6. The topological polar surface area (TPSA) is 17.1 Å². The van der Waals surface area contributed by atoms with Gasteiger partial charge < -0.3 is 0 Å². The van der Waals surface area contributed by atoms with Crippen LogP contribution in [0.4, 0.5) is 0 Å². The molecule has 0 bridgehead atoms. The van der Waals surface area contributed by atoms with E-state index in [4.69, 9.17) is 23.2 Å². The average Bonchev–Trinajstić information content (AvgIpc) is 3.33. The van der Waals surface area contributed by atoms with Gasteiger partial charge in [0.05, 0.1) is 0 Å². The van der Waals surface area contributed by atoms with Crippen LogP contribution in [-0.4, -0.2) is 15.0 Å². The molecule has 0 heterocycles. The zero-order chi connectivity index (χ0) is 21.6. The summed E-state index contributed by atoms with van der Waals surface area (Å²) in [5.41, 5.74) is 5.22. The number of rotatable bonds is 0. The first kappa shape index (κ1) is 27.2. The number of ketones is 1. The van der Waals surface area contributed by atoms with Crippen LogP contribution in [0.3, 0.4) is 0 Å². The van der Waals surface area contributed by atoms with Crippen LogP contribution in [0.2, 0.25) is 0 Å². The SMILES string of the molecule is C1=Cc2ccccc2C1.CI.O=C1C2Cc3ccccc3C2C1(Cl)Cl.[I][V]([I])[I]. The number of benzene rings is 2. The van der Waals surface area contributed by atoms with Gasteiger partial charge in [-0.25, -0.2) is 0 Å². The number of fused-ring (bicyclic) bond motifs is 4. The number of Topliss-reactive ketones (excluding diaryl/α,β-unsaturated/α-hetero) is 1. The van der Waals surface area contributed by atoms with Crippen molar-refractivity contribution in [3.05, 3.63) is 76.9 Å². The summed E-state index contributed by atoms with van der Waals surface area (Å²) in [6, 6.07) is 16.5. The van der Waals surface area contributed by atoms with Crippen LogP contribution < -0.4 is 0 Å². The summed E-state index contributed by atoms with van der Waals surface area (Å²) >= 11 is 21.5. The first-order valence-corrected chi connectivity index (χ1v) is 25.1. The molecule has 1 nitrogen and oxygen atoms in total. The van der Waals surface area contributed by atoms with Gasteiger partial charge in [-0.2, -0.15) is 0 Å². The van der Waals surface area contributed by atoms with E-state index < -0.39 is 4.33 Å². The molecule has 1 saturated carbocycles. The van der Waals surface area contributed by atoms with Crippen molar-refractivity contribution in [2.45, 2.75) is 23.1 Å². The van der Waals surface area contributed by atoms with E-state index in [0.29, 0.717) is 0 Å². The number of allylic oxidation sites excluding steroid dienone is 1. The first-order valence-electron chi connectivity index (χ1n) is 8.72. The van der Waals surface area contributed by atoms with Crippen LogP contribution in [0.1, 0.15) is 28.2 Å². The second-order valence-corrected chi connectivity index (χ2v) is 43.2. The van der Waals surface area contributed by atoms with Crippen molar-refractivity contribution >= 4 is 118 Å². The summed E-state index contributed by atoms with van der Waals surface area (Å²) in [5, 5.41) is 0. The van der Waals surface area contributed by atoms with E-state index >= 15 is 0 Å². The molecule has 0 saturated heterocycles. The second-order valence-electron chi connectivity index (χ2n) is 6.47. The Morgan fingerprint density at radius 3 is 2.14 bits per heavy atom. The number of hydrogen-bond donors (Lipinski definition) is 0. The van der Waals surface area contributed by atoms with Crippen molar-refractivity contribution in [3.8, 4) is 0 Å². The van der Waals surface area contributed by atoms with Crippen LogP contribution in [0.15, 0.2) is 54.6 Å². The summed E-state index contributed by atoms with van der Waals surface area (Å²) in [6.45, 7) is 0. The zero-order valence-electron chi connectivity index (χ0n) is 15.5. The molecule has 2 atom stereocenters. The van der Waals surface area contributed by atoms with E-state index in [1.807, 2.05) is 29.2 Å². The van der Waals surface area contributed by atoms with Gasteiger partial charge in [-0.1, -0.05) is 106 Å². The fourth-order valence-corrected chi connectivity index (χ4v) is 4.61. The Bertz CT molecular complexity index is 871. The minimum absolute atomic E-state index is 0.0120. The van der Waals surface area contributed by atoms with E-state index in [1.54, 1.807) is 0 Å². The van der Waals surface area contributed by atoms with Gasteiger partial charge >= 0.3 is 64.9 Å². The fourth-order valence-electron chi connectivity index (χ4n) is 3.79. The Hall–Kier alpha value is 1.93. The maximum absolute atomic E-state index is 11.6. The molecule has 8 heteroatoms. The van der Waals surface area contributed by atoms with Gasteiger partial charge in [0, 0.05) is 11.8 Å². The summed E-state index contributed by atoms with van der Waals surface area (Å²) < 4.78 is -1.17. The second kappa shape index (κ2) is 13.0. The molecule has 0 spiro atoms. The van der Waals surface area contributed by atoms with Gasteiger partial charge in [-0.3, -0.25) is 4.79 Å². The number of carbonyl (C=O) groups excluding carboxylic acids is 1. The van der Waals surface area contributed by atoms with E-state index in [-0.39, 0.29) is 22.5 Å². The van der Waals surface area contributed by atoms with Crippen molar-refractivity contribution in [1.29, 1.82) is 0 Å². The van der Waals surface area contributed by atoms with E-state index in [2.05, 4.69) is 119 Å². The molecule has 156 valence electrons. The summed E-state index contributed by atoms with van der Waals surface area (Å²) in [5.74, 6) is 0.0407. The molecule has 0 aromatic heterocycles. The Kier molecular flexibility index (Phi) is 12.2. The van der Waals surface area contributed by atoms with E-state index in [0.717, 1.165) is 18.4 Å². The van der Waals surface area contributed by atoms with Crippen molar-refractivity contribution in [1.82, 2.24) is 0 Å². The number of alkyl halides is 3. The molecule has 0 aliphatic heterocycles. The monoisotopic (exact) mass is 916 g/mol. The molecule has 0 N–H and O–H groups in total. The molecular weight excluding hydrogens is 898 g/mol. The quantitative estimate of drug-likeness (QED) is 0.191. The van der Waals surface area contributed by atoms with E-state index in [1.165, 1.54) is 16.7 Å². The molecule has 2 aromatic rings. The molecule has 1 fully saturated rings. The van der Waals surface area contributed by atoms with Crippen LogP contribution in [0, 0.1) is 5.92 Å². The third-order valence-corrected chi connectivity index (χ3v) is 5.82. The fraction of sp³-hybridized carbons (Fsp3) is 0.286. The van der Waals surface area contributed by atoms with Crippen LogP contribution in [0.25, 0.3) is 6.08 Å². The molecule has 0 radical (unpaired) electrons. The number of hydrogen-bond acceptors (Lipinski definition) is 1. The van der Waals surface area contributed by atoms with Crippen molar-refractivity contribution in [3.63, 3.8) is 0 Å². The average molecular weight is 917 g/mol. The maximum atomic E-state index is 11.6. The molecule has 5 rings (SSSR count).